The number of amides is 1. The smallest absolute Gasteiger partial charge is 0.229 e. The summed E-state index contributed by atoms with van der Waals surface area (Å²) >= 11 is 0. The summed E-state index contributed by atoms with van der Waals surface area (Å²) in [5.41, 5.74) is 6.85. The number of hydrazine groups is 1. The SMILES string of the molecule is O=C(C1CNNC1c1cccc(F)c1)N1CCCC(CO)(CC2CC2)C1. The number of aliphatic hydroxyl groups is 1. The number of nitrogens with one attached hydrogen (secondary N) is 2. The number of aliphatic hydroxyl groups excluding tert-OH is 1. The fourth-order valence-electron chi connectivity index (χ4n) is 4.67. The van der Waals surface area contributed by atoms with Gasteiger partial charge in [-0.25, -0.2) is 9.82 Å². The molecule has 3 aliphatic rings. The van der Waals surface area contributed by atoms with Crippen molar-refractivity contribution >= 4 is 5.91 Å². The molecule has 1 aromatic rings. The Morgan fingerprint density at radius 2 is 2.23 bits per heavy atom. The Balaban J connectivity index is 1.48. The van der Waals surface area contributed by atoms with Gasteiger partial charge in [0.2, 0.25) is 5.91 Å². The molecule has 0 aromatic heterocycles. The highest BCUT2D eigenvalue weighted by Gasteiger charge is 2.44. The molecule has 1 amide bonds. The van der Waals surface area contributed by atoms with Gasteiger partial charge in [-0.3, -0.25) is 10.2 Å². The van der Waals surface area contributed by atoms with Crippen LogP contribution in [0.4, 0.5) is 4.39 Å². The van der Waals surface area contributed by atoms with Gasteiger partial charge in [0.1, 0.15) is 5.82 Å². The number of hydrogen-bond acceptors (Lipinski definition) is 4. The van der Waals surface area contributed by atoms with Crippen molar-refractivity contribution in [2.75, 3.05) is 26.2 Å². The molecule has 4 rings (SSSR count). The van der Waals surface area contributed by atoms with Crippen molar-refractivity contribution in [3.8, 4) is 0 Å². The third kappa shape index (κ3) is 3.63. The zero-order chi connectivity index (χ0) is 18.1. The first-order valence-electron chi connectivity index (χ1n) is 9.74. The maximum absolute atomic E-state index is 13.6. The summed E-state index contributed by atoms with van der Waals surface area (Å²) in [5, 5.41) is 10.0. The Morgan fingerprint density at radius 3 is 2.96 bits per heavy atom. The lowest BCUT2D eigenvalue weighted by Gasteiger charge is -2.43. The van der Waals surface area contributed by atoms with Crippen molar-refractivity contribution in [2.24, 2.45) is 17.3 Å². The van der Waals surface area contributed by atoms with E-state index in [4.69, 9.17) is 0 Å². The highest BCUT2D eigenvalue weighted by atomic mass is 19.1. The maximum Gasteiger partial charge on any atom is 0.229 e. The lowest BCUT2D eigenvalue weighted by molar-refractivity contribution is -0.140. The van der Waals surface area contributed by atoms with E-state index >= 15 is 0 Å². The van der Waals surface area contributed by atoms with Crippen LogP contribution in [0.25, 0.3) is 0 Å². The minimum absolute atomic E-state index is 0.102. The third-order valence-electron chi connectivity index (χ3n) is 6.23. The van der Waals surface area contributed by atoms with Crippen LogP contribution in [0.15, 0.2) is 24.3 Å². The Bertz CT molecular complexity index is 666. The number of benzene rings is 1. The molecule has 2 aliphatic heterocycles. The molecule has 0 spiro atoms. The highest BCUT2D eigenvalue weighted by molar-refractivity contribution is 5.80. The van der Waals surface area contributed by atoms with Crippen LogP contribution in [0.5, 0.6) is 0 Å². The molecule has 2 saturated heterocycles. The molecule has 0 radical (unpaired) electrons. The summed E-state index contributed by atoms with van der Waals surface area (Å²) in [5.74, 6) is 0.286. The van der Waals surface area contributed by atoms with E-state index in [0.29, 0.717) is 13.1 Å². The van der Waals surface area contributed by atoms with Gasteiger partial charge in [-0.1, -0.05) is 25.0 Å². The topological polar surface area (TPSA) is 64.6 Å². The molecule has 1 saturated carbocycles. The van der Waals surface area contributed by atoms with Gasteiger partial charge in [0, 0.05) is 25.0 Å². The highest BCUT2D eigenvalue weighted by Crippen LogP contribution is 2.44. The van der Waals surface area contributed by atoms with Gasteiger partial charge in [0.15, 0.2) is 0 Å². The Labute approximate surface area is 153 Å². The van der Waals surface area contributed by atoms with Gasteiger partial charge in [0.05, 0.1) is 18.6 Å². The second-order valence-electron chi connectivity index (χ2n) is 8.33. The van der Waals surface area contributed by atoms with Crippen LogP contribution in [0.2, 0.25) is 0 Å². The number of nitrogens with zero attached hydrogens (tertiary/aromatic N) is 1. The van der Waals surface area contributed by atoms with E-state index in [1.807, 2.05) is 11.0 Å². The molecular weight excluding hydrogens is 333 g/mol. The first-order valence-corrected chi connectivity index (χ1v) is 9.74. The standard InChI is InChI=1S/C20H28FN3O2/c21-16-4-1-3-15(9-16)18-17(11-22-23-18)19(26)24-8-2-7-20(12-24,13-25)10-14-5-6-14/h1,3-4,9,14,17-18,22-23,25H,2,5-8,10-13H2. The van der Waals surface area contributed by atoms with Gasteiger partial charge < -0.3 is 10.0 Å². The fraction of sp³-hybridized carbons (Fsp3) is 0.650. The molecule has 3 N–H and O–H groups in total. The van der Waals surface area contributed by atoms with Crippen LogP contribution in [0.3, 0.4) is 0 Å². The summed E-state index contributed by atoms with van der Waals surface area (Å²) in [6, 6.07) is 6.22. The van der Waals surface area contributed by atoms with E-state index in [2.05, 4.69) is 10.9 Å². The van der Waals surface area contributed by atoms with Crippen LogP contribution in [0.1, 0.15) is 43.7 Å². The maximum atomic E-state index is 13.6. The predicted molar refractivity (Wildman–Crippen MR) is 96.4 cm³/mol. The Morgan fingerprint density at radius 1 is 1.38 bits per heavy atom. The van der Waals surface area contributed by atoms with E-state index in [0.717, 1.165) is 37.3 Å². The lowest BCUT2D eigenvalue weighted by Crippen LogP contribution is -2.50. The third-order valence-corrected chi connectivity index (χ3v) is 6.23. The van der Waals surface area contributed by atoms with Gasteiger partial charge in [0.25, 0.3) is 0 Å². The second-order valence-corrected chi connectivity index (χ2v) is 8.33. The molecule has 1 aromatic carbocycles. The van der Waals surface area contributed by atoms with Crippen molar-refractivity contribution in [3.63, 3.8) is 0 Å². The number of hydrogen-bond donors (Lipinski definition) is 3. The summed E-state index contributed by atoms with van der Waals surface area (Å²) in [7, 11) is 0. The molecule has 1 aliphatic carbocycles. The van der Waals surface area contributed by atoms with Crippen LogP contribution < -0.4 is 10.9 Å². The molecule has 3 fully saturated rings. The van der Waals surface area contributed by atoms with Gasteiger partial charge in [-0.2, -0.15) is 0 Å². The van der Waals surface area contributed by atoms with Crippen molar-refractivity contribution in [1.82, 2.24) is 15.8 Å². The average Bonchev–Trinajstić information content (AvgIpc) is 3.32. The number of carbonyl (C=O) groups is 1. The first kappa shape index (κ1) is 17.9. The van der Waals surface area contributed by atoms with Gasteiger partial charge in [-0.05, 0) is 42.9 Å². The zero-order valence-corrected chi connectivity index (χ0v) is 15.1. The van der Waals surface area contributed by atoms with Crippen molar-refractivity contribution in [2.45, 2.75) is 38.1 Å². The van der Waals surface area contributed by atoms with E-state index < -0.39 is 0 Å². The Kier molecular flexibility index (Phi) is 4.99. The number of piperidine rings is 1. The monoisotopic (exact) mass is 361 g/mol. The first-order chi connectivity index (χ1) is 12.6. The van der Waals surface area contributed by atoms with Crippen LogP contribution >= 0.6 is 0 Å². The quantitative estimate of drug-likeness (QED) is 0.751. The van der Waals surface area contributed by atoms with E-state index in [1.165, 1.54) is 25.0 Å². The van der Waals surface area contributed by atoms with E-state index in [1.54, 1.807) is 6.07 Å². The number of likely N-dealkylation sites (tertiary alicyclic amines) is 1. The van der Waals surface area contributed by atoms with E-state index in [9.17, 15) is 14.3 Å². The van der Waals surface area contributed by atoms with E-state index in [-0.39, 0.29) is 35.7 Å². The van der Waals surface area contributed by atoms with Crippen molar-refractivity contribution in [1.29, 1.82) is 0 Å². The minimum Gasteiger partial charge on any atom is -0.396 e. The summed E-state index contributed by atoms with van der Waals surface area (Å²) in [6.07, 6.45) is 5.49. The molecule has 3 unspecified atom stereocenters. The molecule has 6 heteroatoms. The predicted octanol–water partition coefficient (Wildman–Crippen LogP) is 1.99. The molecule has 0 bridgehead atoms. The van der Waals surface area contributed by atoms with Crippen molar-refractivity contribution < 1.29 is 14.3 Å². The summed E-state index contributed by atoms with van der Waals surface area (Å²) in [4.78, 5) is 15.2. The number of halogens is 1. The van der Waals surface area contributed by atoms with Gasteiger partial charge in [-0.15, -0.1) is 0 Å². The molecular formula is C20H28FN3O2. The fourth-order valence-corrected chi connectivity index (χ4v) is 4.67. The lowest BCUT2D eigenvalue weighted by atomic mass is 9.76. The molecule has 142 valence electrons. The molecule has 26 heavy (non-hydrogen) atoms. The number of carbonyl (C=O) groups excluding carboxylic acids is 1. The largest absolute Gasteiger partial charge is 0.396 e. The van der Waals surface area contributed by atoms with Crippen LogP contribution in [-0.2, 0) is 4.79 Å². The summed E-state index contributed by atoms with van der Waals surface area (Å²) in [6.45, 7) is 2.08. The van der Waals surface area contributed by atoms with Gasteiger partial charge >= 0.3 is 0 Å². The zero-order valence-electron chi connectivity index (χ0n) is 15.1. The second kappa shape index (κ2) is 7.25. The van der Waals surface area contributed by atoms with Crippen LogP contribution in [0, 0.1) is 23.1 Å². The molecule has 5 nitrogen and oxygen atoms in total. The number of rotatable bonds is 5. The summed E-state index contributed by atoms with van der Waals surface area (Å²) < 4.78 is 13.6. The minimum atomic E-state index is -0.288. The van der Waals surface area contributed by atoms with Crippen LogP contribution in [-0.4, -0.2) is 42.2 Å². The molecule has 2 heterocycles. The average molecular weight is 361 g/mol. The van der Waals surface area contributed by atoms with Crippen molar-refractivity contribution in [3.05, 3.63) is 35.6 Å². The molecule has 3 atom stereocenters. The normalized spacial score (nSPS) is 32.0. The Hall–Kier alpha value is -1.50.